The molecule has 1 heterocycles. The summed E-state index contributed by atoms with van der Waals surface area (Å²) in [6.07, 6.45) is 4.48. The van der Waals surface area contributed by atoms with Gasteiger partial charge >= 0.3 is 0 Å². The Labute approximate surface area is 108 Å². The molecule has 0 radical (unpaired) electrons. The van der Waals surface area contributed by atoms with Crippen LogP contribution < -0.4 is 20.5 Å². The van der Waals surface area contributed by atoms with Crippen molar-refractivity contribution in [2.75, 3.05) is 32.6 Å². The van der Waals surface area contributed by atoms with Crippen molar-refractivity contribution in [1.82, 2.24) is 9.97 Å². The van der Waals surface area contributed by atoms with E-state index in [1.165, 1.54) is 6.42 Å². The molecule has 0 fully saturated rings. The van der Waals surface area contributed by atoms with E-state index in [2.05, 4.69) is 15.3 Å². The predicted molar refractivity (Wildman–Crippen MR) is 71.1 cm³/mol. The van der Waals surface area contributed by atoms with Gasteiger partial charge in [-0.25, -0.2) is 0 Å². The number of aromatic nitrogens is 2. The number of anilines is 1. The Morgan fingerprint density at radius 3 is 2.22 bits per heavy atom. The van der Waals surface area contributed by atoms with Gasteiger partial charge in [0.05, 0.1) is 20.3 Å². The number of nitrogens with zero attached hydrogens (tertiary/aromatic N) is 2. The van der Waals surface area contributed by atoms with Gasteiger partial charge in [0.1, 0.15) is 0 Å². The maximum absolute atomic E-state index is 5.43. The molecule has 1 rings (SSSR count). The normalized spacial score (nSPS) is 10.2. The van der Waals surface area contributed by atoms with Gasteiger partial charge in [-0.2, -0.15) is 9.97 Å². The van der Waals surface area contributed by atoms with Gasteiger partial charge in [0.2, 0.25) is 17.7 Å². The highest BCUT2D eigenvalue weighted by atomic mass is 16.5. The van der Waals surface area contributed by atoms with Crippen LogP contribution in [0, 0.1) is 0 Å². The SMILES string of the molecule is COc1cc(OC)nc(NCCCCCCN)n1. The van der Waals surface area contributed by atoms with Crippen molar-refractivity contribution in [3.63, 3.8) is 0 Å². The lowest BCUT2D eigenvalue weighted by atomic mass is 10.2. The first-order valence-corrected chi connectivity index (χ1v) is 6.21. The van der Waals surface area contributed by atoms with Crippen LogP contribution in [0.15, 0.2) is 6.07 Å². The second-order valence-corrected chi connectivity index (χ2v) is 3.91. The number of methoxy groups -OCH3 is 2. The minimum atomic E-state index is 0.493. The van der Waals surface area contributed by atoms with Crippen LogP contribution in [0.3, 0.4) is 0 Å². The van der Waals surface area contributed by atoms with Crippen molar-refractivity contribution in [2.24, 2.45) is 5.73 Å². The third-order valence-corrected chi connectivity index (χ3v) is 2.51. The molecule has 0 atom stereocenters. The number of rotatable bonds is 9. The van der Waals surface area contributed by atoms with Crippen molar-refractivity contribution in [2.45, 2.75) is 25.7 Å². The number of unbranched alkanes of at least 4 members (excludes halogenated alkanes) is 3. The van der Waals surface area contributed by atoms with E-state index in [0.717, 1.165) is 32.4 Å². The lowest BCUT2D eigenvalue weighted by molar-refractivity contribution is 0.373. The summed E-state index contributed by atoms with van der Waals surface area (Å²) in [4.78, 5) is 8.38. The van der Waals surface area contributed by atoms with E-state index < -0.39 is 0 Å². The first kappa shape index (κ1) is 14.5. The summed E-state index contributed by atoms with van der Waals surface area (Å²) in [6.45, 7) is 1.60. The van der Waals surface area contributed by atoms with E-state index in [9.17, 15) is 0 Å². The van der Waals surface area contributed by atoms with Crippen molar-refractivity contribution in [3.05, 3.63) is 6.07 Å². The number of ether oxygens (including phenoxy) is 2. The third kappa shape index (κ3) is 5.18. The van der Waals surface area contributed by atoms with Crippen LogP contribution >= 0.6 is 0 Å². The molecule has 0 unspecified atom stereocenters. The second kappa shape index (κ2) is 8.52. The zero-order valence-corrected chi connectivity index (χ0v) is 11.1. The largest absolute Gasteiger partial charge is 0.481 e. The van der Waals surface area contributed by atoms with Crippen LogP contribution in [-0.2, 0) is 0 Å². The van der Waals surface area contributed by atoms with Gasteiger partial charge in [0, 0.05) is 6.54 Å². The molecule has 0 aromatic carbocycles. The molecular weight excluding hydrogens is 232 g/mol. The number of hydrogen-bond donors (Lipinski definition) is 2. The highest BCUT2D eigenvalue weighted by Gasteiger charge is 2.04. The molecule has 0 aliphatic rings. The molecule has 0 aliphatic carbocycles. The van der Waals surface area contributed by atoms with Crippen LogP contribution in [0.1, 0.15) is 25.7 Å². The minimum absolute atomic E-state index is 0.493. The quantitative estimate of drug-likeness (QED) is 0.649. The van der Waals surface area contributed by atoms with Crippen molar-refractivity contribution < 1.29 is 9.47 Å². The molecule has 0 saturated heterocycles. The molecule has 1 aromatic rings. The number of hydrogen-bond acceptors (Lipinski definition) is 6. The Bertz CT molecular complexity index is 325. The van der Waals surface area contributed by atoms with E-state index in [4.69, 9.17) is 15.2 Å². The Hall–Kier alpha value is -1.56. The molecule has 102 valence electrons. The van der Waals surface area contributed by atoms with Gasteiger partial charge in [0.15, 0.2) is 0 Å². The van der Waals surface area contributed by atoms with Gasteiger partial charge in [-0.05, 0) is 19.4 Å². The Balaban J connectivity index is 2.36. The predicted octanol–water partition coefficient (Wildman–Crippen LogP) is 1.42. The Morgan fingerprint density at radius 2 is 1.67 bits per heavy atom. The van der Waals surface area contributed by atoms with Crippen molar-refractivity contribution in [1.29, 1.82) is 0 Å². The van der Waals surface area contributed by atoms with E-state index in [1.807, 2.05) is 0 Å². The van der Waals surface area contributed by atoms with Crippen LogP contribution in [0.5, 0.6) is 11.8 Å². The average molecular weight is 254 g/mol. The van der Waals surface area contributed by atoms with E-state index in [0.29, 0.717) is 17.7 Å². The lowest BCUT2D eigenvalue weighted by Crippen LogP contribution is -2.07. The smallest absolute Gasteiger partial charge is 0.229 e. The fraction of sp³-hybridized carbons (Fsp3) is 0.667. The maximum atomic E-state index is 5.43. The summed E-state index contributed by atoms with van der Waals surface area (Å²) in [5, 5.41) is 3.16. The van der Waals surface area contributed by atoms with Crippen molar-refractivity contribution in [3.8, 4) is 11.8 Å². The molecule has 0 amide bonds. The van der Waals surface area contributed by atoms with Crippen LogP contribution in [0.25, 0.3) is 0 Å². The summed E-state index contributed by atoms with van der Waals surface area (Å²) in [7, 11) is 3.14. The minimum Gasteiger partial charge on any atom is -0.481 e. The first-order chi connectivity index (χ1) is 8.80. The highest BCUT2D eigenvalue weighted by Crippen LogP contribution is 2.17. The molecule has 6 nitrogen and oxygen atoms in total. The summed E-state index contributed by atoms with van der Waals surface area (Å²) < 4.78 is 10.1. The fourth-order valence-corrected chi connectivity index (χ4v) is 1.52. The van der Waals surface area contributed by atoms with Gasteiger partial charge in [-0.1, -0.05) is 12.8 Å². The summed E-state index contributed by atoms with van der Waals surface area (Å²) in [6, 6.07) is 1.65. The number of nitrogens with two attached hydrogens (primary N) is 1. The monoisotopic (exact) mass is 254 g/mol. The maximum Gasteiger partial charge on any atom is 0.229 e. The lowest BCUT2D eigenvalue weighted by Gasteiger charge is -2.08. The average Bonchev–Trinajstić information content (AvgIpc) is 2.42. The van der Waals surface area contributed by atoms with Crippen LogP contribution in [0.2, 0.25) is 0 Å². The summed E-state index contributed by atoms with van der Waals surface area (Å²) in [5.74, 6) is 1.52. The van der Waals surface area contributed by atoms with Crippen LogP contribution in [0.4, 0.5) is 5.95 Å². The van der Waals surface area contributed by atoms with Gasteiger partial charge < -0.3 is 20.5 Å². The molecule has 1 aromatic heterocycles. The molecule has 0 aliphatic heterocycles. The summed E-state index contributed by atoms with van der Waals surface area (Å²) >= 11 is 0. The fourth-order valence-electron chi connectivity index (χ4n) is 1.52. The van der Waals surface area contributed by atoms with Gasteiger partial charge in [-0.3, -0.25) is 0 Å². The van der Waals surface area contributed by atoms with Gasteiger partial charge in [0.25, 0.3) is 0 Å². The highest BCUT2D eigenvalue weighted by molar-refractivity contribution is 5.33. The molecule has 0 saturated carbocycles. The number of nitrogens with one attached hydrogen (secondary N) is 1. The zero-order valence-electron chi connectivity index (χ0n) is 11.1. The molecule has 0 spiro atoms. The third-order valence-electron chi connectivity index (χ3n) is 2.51. The first-order valence-electron chi connectivity index (χ1n) is 6.21. The van der Waals surface area contributed by atoms with E-state index in [-0.39, 0.29) is 0 Å². The summed E-state index contributed by atoms with van der Waals surface area (Å²) in [5.41, 5.74) is 5.43. The molecular formula is C12H22N4O2. The Kier molecular flexibility index (Phi) is 6.86. The van der Waals surface area contributed by atoms with E-state index in [1.54, 1.807) is 20.3 Å². The van der Waals surface area contributed by atoms with E-state index >= 15 is 0 Å². The Morgan fingerprint density at radius 1 is 1.06 bits per heavy atom. The topological polar surface area (TPSA) is 82.3 Å². The zero-order chi connectivity index (χ0) is 13.2. The molecule has 0 bridgehead atoms. The van der Waals surface area contributed by atoms with Crippen molar-refractivity contribution >= 4 is 5.95 Å². The van der Waals surface area contributed by atoms with Crippen LogP contribution in [-0.4, -0.2) is 37.3 Å². The standard InChI is InChI=1S/C12H22N4O2/c1-17-10-9-11(18-2)16-12(15-10)14-8-6-4-3-5-7-13/h9H,3-8,13H2,1-2H3,(H,14,15,16). The molecule has 18 heavy (non-hydrogen) atoms. The molecule has 3 N–H and O–H groups in total. The second-order valence-electron chi connectivity index (χ2n) is 3.91. The molecule has 6 heteroatoms. The van der Waals surface area contributed by atoms with Gasteiger partial charge in [-0.15, -0.1) is 0 Å².